The number of hydrogen-bond acceptors (Lipinski definition) is 1. The second kappa shape index (κ2) is 5.97. The van der Waals surface area contributed by atoms with Crippen molar-refractivity contribution in [2.45, 2.75) is 31.5 Å². The first-order chi connectivity index (χ1) is 10.9. The van der Waals surface area contributed by atoms with Crippen molar-refractivity contribution in [1.82, 2.24) is 4.98 Å². The number of H-pyrrole nitrogens is 1. The van der Waals surface area contributed by atoms with Gasteiger partial charge in [-0.05, 0) is 34.2 Å². The maximum atomic E-state index is 12.9. The smallest absolute Gasteiger partial charge is 0.197 e. The zero-order chi connectivity index (χ0) is 16.6. The fourth-order valence-electron chi connectivity index (χ4n) is 2.73. The Morgan fingerprint density at radius 3 is 2.57 bits per heavy atom. The van der Waals surface area contributed by atoms with Crippen molar-refractivity contribution < 1.29 is 0 Å². The average molecular weight is 370 g/mol. The minimum atomic E-state index is 0.0634. The van der Waals surface area contributed by atoms with Gasteiger partial charge in [-0.3, -0.25) is 4.79 Å². The number of fused-ring (bicyclic) bond motifs is 1. The minimum absolute atomic E-state index is 0.0634. The van der Waals surface area contributed by atoms with Crippen molar-refractivity contribution in [1.29, 1.82) is 0 Å². The van der Waals surface area contributed by atoms with E-state index < -0.39 is 0 Å². The van der Waals surface area contributed by atoms with Crippen LogP contribution in [0.1, 0.15) is 31.9 Å². The van der Waals surface area contributed by atoms with Gasteiger partial charge in [-0.1, -0.05) is 67.0 Å². The van der Waals surface area contributed by atoms with Gasteiger partial charge in [0.15, 0.2) is 5.43 Å². The van der Waals surface area contributed by atoms with E-state index in [0.717, 1.165) is 27.4 Å². The lowest BCUT2D eigenvalue weighted by molar-refractivity contribution is 0.591. The van der Waals surface area contributed by atoms with Gasteiger partial charge in [-0.2, -0.15) is 0 Å². The third-order valence-corrected chi connectivity index (χ3v) is 4.79. The number of benzene rings is 2. The molecule has 1 aromatic heterocycles. The molecule has 0 aliphatic carbocycles. The van der Waals surface area contributed by atoms with Crippen LogP contribution in [0.5, 0.6) is 0 Å². The SMILES string of the molecule is CC(C)(C)c1ccc2c(=O)c(-c3cccc(CBr)c3)c[nH]c2c1. The largest absolute Gasteiger partial charge is 0.360 e. The van der Waals surface area contributed by atoms with Crippen molar-refractivity contribution in [2.24, 2.45) is 0 Å². The van der Waals surface area contributed by atoms with E-state index in [2.05, 4.69) is 59.9 Å². The third-order valence-electron chi connectivity index (χ3n) is 4.14. The second-order valence-corrected chi connectivity index (χ2v) is 7.44. The van der Waals surface area contributed by atoms with E-state index >= 15 is 0 Å². The summed E-state index contributed by atoms with van der Waals surface area (Å²) in [5.74, 6) is 0. The normalized spacial score (nSPS) is 11.8. The molecule has 23 heavy (non-hydrogen) atoms. The molecule has 0 radical (unpaired) electrons. The van der Waals surface area contributed by atoms with Gasteiger partial charge in [0.2, 0.25) is 0 Å². The van der Waals surface area contributed by atoms with Crippen LogP contribution in [-0.2, 0) is 10.7 Å². The number of pyridine rings is 1. The highest BCUT2D eigenvalue weighted by molar-refractivity contribution is 9.08. The average Bonchev–Trinajstić information content (AvgIpc) is 2.54. The van der Waals surface area contributed by atoms with E-state index in [1.165, 1.54) is 5.56 Å². The summed E-state index contributed by atoms with van der Waals surface area (Å²) in [6.07, 6.45) is 1.82. The van der Waals surface area contributed by atoms with Crippen molar-refractivity contribution in [3.8, 4) is 11.1 Å². The molecule has 3 aromatic rings. The Morgan fingerprint density at radius 2 is 1.87 bits per heavy atom. The number of hydrogen-bond donors (Lipinski definition) is 1. The Morgan fingerprint density at radius 1 is 1.09 bits per heavy atom. The first-order valence-corrected chi connectivity index (χ1v) is 8.83. The number of rotatable bonds is 2. The molecule has 118 valence electrons. The Hall–Kier alpha value is -1.87. The van der Waals surface area contributed by atoms with Gasteiger partial charge in [-0.15, -0.1) is 0 Å². The molecular weight excluding hydrogens is 350 g/mol. The van der Waals surface area contributed by atoms with Crippen LogP contribution >= 0.6 is 15.9 Å². The summed E-state index contributed by atoms with van der Waals surface area (Å²) in [6.45, 7) is 6.52. The molecule has 3 rings (SSSR count). The molecule has 0 aliphatic heterocycles. The van der Waals surface area contributed by atoms with Crippen LogP contribution in [0.2, 0.25) is 0 Å². The zero-order valence-corrected chi connectivity index (χ0v) is 15.2. The van der Waals surface area contributed by atoms with Crippen molar-refractivity contribution in [2.75, 3.05) is 0 Å². The summed E-state index contributed by atoms with van der Waals surface area (Å²) >= 11 is 3.46. The van der Waals surface area contributed by atoms with Crippen LogP contribution in [-0.4, -0.2) is 4.98 Å². The molecule has 2 nitrogen and oxygen atoms in total. The van der Waals surface area contributed by atoms with Crippen LogP contribution in [0.15, 0.2) is 53.5 Å². The van der Waals surface area contributed by atoms with Gasteiger partial charge >= 0.3 is 0 Å². The molecule has 1 N–H and O–H groups in total. The summed E-state index contributed by atoms with van der Waals surface area (Å²) < 4.78 is 0. The van der Waals surface area contributed by atoms with Crippen LogP contribution < -0.4 is 5.43 Å². The minimum Gasteiger partial charge on any atom is -0.360 e. The van der Waals surface area contributed by atoms with E-state index in [1.54, 1.807) is 0 Å². The van der Waals surface area contributed by atoms with Crippen LogP contribution in [0.3, 0.4) is 0 Å². The van der Waals surface area contributed by atoms with E-state index in [4.69, 9.17) is 0 Å². The quantitative estimate of drug-likeness (QED) is 0.603. The molecular formula is C20H20BrNO. The lowest BCUT2D eigenvalue weighted by Gasteiger charge is -2.19. The van der Waals surface area contributed by atoms with Crippen LogP contribution in [0.25, 0.3) is 22.0 Å². The summed E-state index contributed by atoms with van der Waals surface area (Å²) in [6, 6.07) is 14.1. The molecule has 0 fully saturated rings. The lowest BCUT2D eigenvalue weighted by Crippen LogP contribution is -2.12. The van der Waals surface area contributed by atoms with E-state index in [1.807, 2.05) is 30.5 Å². The fraction of sp³-hybridized carbons (Fsp3) is 0.250. The monoisotopic (exact) mass is 369 g/mol. The summed E-state index contributed by atoms with van der Waals surface area (Å²) in [7, 11) is 0. The highest BCUT2D eigenvalue weighted by Gasteiger charge is 2.15. The molecule has 0 amide bonds. The Labute approximate surface area is 144 Å². The lowest BCUT2D eigenvalue weighted by atomic mass is 9.86. The third kappa shape index (κ3) is 3.11. The second-order valence-electron chi connectivity index (χ2n) is 6.88. The zero-order valence-electron chi connectivity index (χ0n) is 13.6. The summed E-state index contributed by atoms with van der Waals surface area (Å²) in [5.41, 5.74) is 5.07. The molecule has 1 heterocycles. The Kier molecular flexibility index (Phi) is 4.15. The van der Waals surface area contributed by atoms with E-state index in [0.29, 0.717) is 5.56 Å². The molecule has 0 spiro atoms. The molecule has 0 atom stereocenters. The van der Waals surface area contributed by atoms with Gasteiger partial charge in [0.25, 0.3) is 0 Å². The van der Waals surface area contributed by atoms with Crippen molar-refractivity contribution >= 4 is 26.8 Å². The van der Waals surface area contributed by atoms with Gasteiger partial charge in [0.05, 0.1) is 0 Å². The topological polar surface area (TPSA) is 32.9 Å². The predicted octanol–water partition coefficient (Wildman–Crippen LogP) is 5.39. The van der Waals surface area contributed by atoms with Crippen molar-refractivity contribution in [3.05, 3.63) is 70.0 Å². The molecule has 0 unspecified atom stereocenters. The molecule has 0 saturated carbocycles. The first kappa shape index (κ1) is 16.0. The summed E-state index contributed by atoms with van der Waals surface area (Å²) in [5, 5.41) is 1.51. The highest BCUT2D eigenvalue weighted by Crippen LogP contribution is 2.26. The molecule has 3 heteroatoms. The number of alkyl halides is 1. The summed E-state index contributed by atoms with van der Waals surface area (Å²) in [4.78, 5) is 16.2. The van der Waals surface area contributed by atoms with E-state index in [-0.39, 0.29) is 10.8 Å². The Bertz CT molecular complexity index is 919. The number of halogens is 1. The maximum absolute atomic E-state index is 12.9. The van der Waals surface area contributed by atoms with Gasteiger partial charge < -0.3 is 4.98 Å². The molecule has 0 aliphatic rings. The standard InChI is InChI=1S/C20H20BrNO/c1-20(2,3)15-7-8-16-18(10-15)22-12-17(19(16)23)14-6-4-5-13(9-14)11-21/h4-10,12H,11H2,1-3H3,(H,22,23). The highest BCUT2D eigenvalue weighted by atomic mass is 79.9. The van der Waals surface area contributed by atoms with Gasteiger partial charge in [-0.25, -0.2) is 0 Å². The van der Waals surface area contributed by atoms with Crippen LogP contribution in [0, 0.1) is 0 Å². The number of aromatic amines is 1. The van der Waals surface area contributed by atoms with Gasteiger partial charge in [0.1, 0.15) is 0 Å². The predicted molar refractivity (Wildman–Crippen MR) is 101 cm³/mol. The van der Waals surface area contributed by atoms with E-state index in [9.17, 15) is 4.79 Å². The Balaban J connectivity index is 2.18. The number of nitrogens with one attached hydrogen (secondary N) is 1. The molecule has 2 aromatic carbocycles. The molecule has 0 saturated heterocycles. The number of aromatic nitrogens is 1. The van der Waals surface area contributed by atoms with Crippen LogP contribution in [0.4, 0.5) is 0 Å². The first-order valence-electron chi connectivity index (χ1n) is 7.71. The van der Waals surface area contributed by atoms with Gasteiger partial charge in [0, 0.05) is 28.0 Å². The fourth-order valence-corrected chi connectivity index (χ4v) is 3.07. The van der Waals surface area contributed by atoms with Crippen molar-refractivity contribution in [3.63, 3.8) is 0 Å². The maximum Gasteiger partial charge on any atom is 0.197 e. The molecule has 0 bridgehead atoms.